The summed E-state index contributed by atoms with van der Waals surface area (Å²) in [6, 6.07) is 12.3. The maximum atomic E-state index is 5.87. The van der Waals surface area contributed by atoms with Crippen LogP contribution < -0.4 is 23.8 Å². The van der Waals surface area contributed by atoms with Crippen molar-refractivity contribution in [1.29, 1.82) is 0 Å². The third-order valence-corrected chi connectivity index (χ3v) is 5.52. The van der Waals surface area contributed by atoms with E-state index in [4.69, 9.17) is 23.7 Å². The van der Waals surface area contributed by atoms with Crippen LogP contribution in [-0.2, 0) is 4.74 Å². The van der Waals surface area contributed by atoms with E-state index in [2.05, 4.69) is 17.0 Å². The van der Waals surface area contributed by atoms with Gasteiger partial charge in [0.1, 0.15) is 0 Å². The Hall–Kier alpha value is -3.12. The molecule has 0 saturated carbocycles. The molecule has 2 heterocycles. The number of hydrogen-bond acceptors (Lipinski definition) is 6. The Morgan fingerprint density at radius 1 is 0.893 bits per heavy atom. The van der Waals surface area contributed by atoms with Gasteiger partial charge in [-0.2, -0.15) is 0 Å². The molecule has 0 saturated heterocycles. The van der Waals surface area contributed by atoms with Crippen molar-refractivity contribution < 1.29 is 23.7 Å². The van der Waals surface area contributed by atoms with Gasteiger partial charge in [0.05, 0.1) is 19.9 Å². The molecule has 0 unspecified atom stereocenters. The molecule has 1 atom stereocenters. The normalized spacial score (nSPS) is 16.7. The molecule has 3 aromatic rings. The van der Waals surface area contributed by atoms with Gasteiger partial charge < -0.3 is 28.6 Å². The molecule has 6 nitrogen and oxygen atoms in total. The van der Waals surface area contributed by atoms with Gasteiger partial charge in [-0.25, -0.2) is 0 Å². The number of rotatable bonds is 3. The lowest BCUT2D eigenvalue weighted by Gasteiger charge is -2.37. The number of fused-ring (bicyclic) bond motifs is 6. The third kappa shape index (κ3) is 2.24. The average molecular weight is 379 g/mol. The zero-order chi connectivity index (χ0) is 19.4. The van der Waals surface area contributed by atoms with Crippen LogP contribution in [0.15, 0.2) is 36.4 Å². The van der Waals surface area contributed by atoms with Gasteiger partial charge in [-0.15, -0.1) is 0 Å². The van der Waals surface area contributed by atoms with Crippen LogP contribution in [0.2, 0.25) is 0 Å². The molecule has 0 spiro atoms. The topological polar surface area (TPSA) is 49.4 Å². The smallest absolute Gasteiger partial charge is 0.231 e. The minimum atomic E-state index is -0.240. The van der Waals surface area contributed by atoms with E-state index >= 15 is 0 Å². The van der Waals surface area contributed by atoms with Crippen molar-refractivity contribution in [2.45, 2.75) is 6.23 Å². The van der Waals surface area contributed by atoms with Crippen LogP contribution in [-0.4, -0.2) is 35.2 Å². The zero-order valence-electron chi connectivity index (χ0n) is 16.2. The van der Waals surface area contributed by atoms with E-state index < -0.39 is 0 Å². The molecule has 3 aromatic carbocycles. The first-order valence-electron chi connectivity index (χ1n) is 9.04. The molecule has 28 heavy (non-hydrogen) atoms. The van der Waals surface area contributed by atoms with Gasteiger partial charge in [0.2, 0.25) is 6.79 Å². The summed E-state index contributed by atoms with van der Waals surface area (Å²) in [6.45, 7) is 0.243. The number of benzene rings is 3. The van der Waals surface area contributed by atoms with Crippen molar-refractivity contribution >= 4 is 16.5 Å². The molecular formula is C22H21NO5. The second-order valence-electron chi connectivity index (χ2n) is 6.88. The van der Waals surface area contributed by atoms with Crippen molar-refractivity contribution in [3.63, 3.8) is 0 Å². The van der Waals surface area contributed by atoms with Crippen molar-refractivity contribution in [1.82, 2.24) is 0 Å². The Bertz CT molecular complexity index is 1090. The first-order chi connectivity index (χ1) is 13.7. The molecule has 5 rings (SSSR count). The second-order valence-corrected chi connectivity index (χ2v) is 6.88. The molecule has 0 aliphatic carbocycles. The fourth-order valence-electron chi connectivity index (χ4n) is 4.24. The number of hydrogen-bond donors (Lipinski definition) is 0. The van der Waals surface area contributed by atoms with E-state index in [9.17, 15) is 0 Å². The average Bonchev–Trinajstić information content (AvgIpc) is 3.18. The quantitative estimate of drug-likeness (QED) is 0.674. The van der Waals surface area contributed by atoms with Crippen molar-refractivity contribution in [3.8, 4) is 34.1 Å². The fraction of sp³-hybridized carbons (Fsp3) is 0.273. The van der Waals surface area contributed by atoms with Crippen LogP contribution in [0.1, 0.15) is 11.8 Å². The van der Waals surface area contributed by atoms with Crippen LogP contribution >= 0.6 is 0 Å². The molecule has 6 heteroatoms. The fourth-order valence-corrected chi connectivity index (χ4v) is 4.24. The van der Waals surface area contributed by atoms with E-state index in [1.54, 1.807) is 21.3 Å². The van der Waals surface area contributed by atoms with E-state index in [0.29, 0.717) is 11.5 Å². The van der Waals surface area contributed by atoms with Crippen LogP contribution in [0.5, 0.6) is 23.0 Å². The summed E-state index contributed by atoms with van der Waals surface area (Å²) >= 11 is 0. The molecule has 0 radical (unpaired) electrons. The monoisotopic (exact) mass is 379 g/mol. The summed E-state index contributed by atoms with van der Waals surface area (Å²) < 4.78 is 28.1. The molecule has 0 amide bonds. The minimum Gasteiger partial charge on any atom is -0.493 e. The summed E-state index contributed by atoms with van der Waals surface area (Å²) in [5.41, 5.74) is 4.34. The van der Waals surface area contributed by atoms with Crippen molar-refractivity contribution in [2.24, 2.45) is 0 Å². The van der Waals surface area contributed by atoms with Crippen LogP contribution in [0.3, 0.4) is 0 Å². The minimum absolute atomic E-state index is 0.240. The Balaban J connectivity index is 1.83. The van der Waals surface area contributed by atoms with E-state index in [-0.39, 0.29) is 13.0 Å². The second kappa shape index (κ2) is 6.21. The van der Waals surface area contributed by atoms with E-state index in [1.807, 2.05) is 31.3 Å². The van der Waals surface area contributed by atoms with Crippen LogP contribution in [0, 0.1) is 0 Å². The molecule has 0 N–H and O–H groups in total. The highest BCUT2D eigenvalue weighted by molar-refractivity contribution is 6.05. The van der Waals surface area contributed by atoms with Gasteiger partial charge in [-0.05, 0) is 35.2 Å². The number of anilines is 1. The van der Waals surface area contributed by atoms with Crippen molar-refractivity contribution in [2.75, 3.05) is 40.1 Å². The van der Waals surface area contributed by atoms with E-state index in [0.717, 1.165) is 44.6 Å². The molecular weight excluding hydrogens is 358 g/mol. The molecule has 0 bridgehead atoms. The van der Waals surface area contributed by atoms with Gasteiger partial charge >= 0.3 is 0 Å². The van der Waals surface area contributed by atoms with Gasteiger partial charge in [-0.3, -0.25) is 0 Å². The van der Waals surface area contributed by atoms with Gasteiger partial charge in [0.15, 0.2) is 29.2 Å². The summed E-state index contributed by atoms with van der Waals surface area (Å²) in [5.74, 6) is 2.92. The summed E-state index contributed by atoms with van der Waals surface area (Å²) in [7, 11) is 7.05. The lowest BCUT2D eigenvalue weighted by molar-refractivity contribution is 0.103. The maximum absolute atomic E-state index is 5.87. The maximum Gasteiger partial charge on any atom is 0.231 e. The number of nitrogens with zero attached hydrogens (tertiary/aromatic N) is 1. The molecule has 0 fully saturated rings. The zero-order valence-corrected chi connectivity index (χ0v) is 16.2. The summed E-state index contributed by atoms with van der Waals surface area (Å²) in [5, 5.41) is 2.14. The van der Waals surface area contributed by atoms with Gasteiger partial charge in [0.25, 0.3) is 0 Å². The summed E-state index contributed by atoms with van der Waals surface area (Å²) in [6.07, 6.45) is -0.240. The first-order valence-corrected chi connectivity index (χ1v) is 9.04. The third-order valence-electron chi connectivity index (χ3n) is 5.52. The lowest BCUT2D eigenvalue weighted by atomic mass is 9.89. The lowest BCUT2D eigenvalue weighted by Crippen LogP contribution is -2.29. The summed E-state index contributed by atoms with van der Waals surface area (Å²) in [4.78, 5) is 2.15. The predicted molar refractivity (Wildman–Crippen MR) is 107 cm³/mol. The highest BCUT2D eigenvalue weighted by Crippen LogP contribution is 2.52. The SMILES string of the molecule is COc1cc2ccc3c(c2cc1OC)N(C)[C@@H](OC)c1cc2c(cc1-3)OCO2. The largest absolute Gasteiger partial charge is 0.493 e. The Morgan fingerprint density at radius 3 is 2.32 bits per heavy atom. The van der Waals surface area contributed by atoms with E-state index in [1.165, 1.54) is 0 Å². The Labute approximate surface area is 163 Å². The van der Waals surface area contributed by atoms with Crippen molar-refractivity contribution in [3.05, 3.63) is 42.0 Å². The molecule has 2 aliphatic heterocycles. The molecule has 0 aromatic heterocycles. The Morgan fingerprint density at radius 2 is 1.61 bits per heavy atom. The van der Waals surface area contributed by atoms with Crippen LogP contribution in [0.25, 0.3) is 21.9 Å². The van der Waals surface area contributed by atoms with Gasteiger partial charge in [0, 0.05) is 30.7 Å². The molecule has 144 valence electrons. The number of methoxy groups -OCH3 is 3. The first kappa shape index (κ1) is 17.0. The molecule has 2 aliphatic rings. The van der Waals surface area contributed by atoms with Gasteiger partial charge in [-0.1, -0.05) is 12.1 Å². The number of ether oxygens (including phenoxy) is 5. The standard InChI is InChI=1S/C22H21NO5/c1-23-21-13(6-5-12-7-17(24-2)18(25-3)8-14(12)21)15-9-19-20(28-11-27-19)10-16(15)22(23)26-4/h5-10,22H,11H2,1-4H3/t22-/m0/s1. The van der Waals surface area contributed by atoms with Crippen LogP contribution in [0.4, 0.5) is 5.69 Å². The Kier molecular flexibility index (Phi) is 3.77. The predicted octanol–water partition coefficient (Wildman–Crippen LogP) is 4.35. The highest BCUT2D eigenvalue weighted by Gasteiger charge is 2.33. The highest BCUT2D eigenvalue weighted by atomic mass is 16.7.